The van der Waals surface area contributed by atoms with Crippen molar-refractivity contribution >= 4 is 12.6 Å². The van der Waals surface area contributed by atoms with E-state index in [9.17, 15) is 0 Å². The molecule has 1 N–H and O–H groups in total. The Kier molecular flexibility index (Phi) is 4.59. The minimum atomic E-state index is -0.259. The number of nitrogens with one attached hydrogen (secondary N) is 1. The number of hydrogen-bond acceptors (Lipinski definition) is 3. The summed E-state index contributed by atoms with van der Waals surface area (Å²) < 4.78 is -0.145. The maximum absolute atomic E-state index is 5.51. The fourth-order valence-electron chi connectivity index (χ4n) is 0.458. The van der Waals surface area contributed by atoms with E-state index >= 15 is 0 Å². The summed E-state index contributed by atoms with van der Waals surface area (Å²) in [6.45, 7) is 11.1. The molecule has 3 heteroatoms. The zero-order chi connectivity index (χ0) is 9.83. The van der Waals surface area contributed by atoms with Crippen molar-refractivity contribution in [2.75, 3.05) is 6.54 Å². The Morgan fingerprint density at radius 3 is 2.08 bits per heavy atom. The first-order valence-electron chi connectivity index (χ1n) is 4.44. The highest BCUT2D eigenvalue weighted by Crippen LogP contribution is 2.29. The van der Waals surface area contributed by atoms with Crippen LogP contribution >= 0.6 is 12.6 Å². The van der Waals surface area contributed by atoms with E-state index in [1.54, 1.807) is 0 Å². The molecule has 0 atom stereocenters. The van der Waals surface area contributed by atoms with Gasteiger partial charge in [0.15, 0.2) is 0 Å². The first kappa shape index (κ1) is 12.3. The predicted octanol–water partition coefficient (Wildman–Crippen LogP) is 2.40. The Labute approximate surface area is 81.4 Å². The Hall–Kier alpha value is 0.270. The van der Waals surface area contributed by atoms with Gasteiger partial charge in [0, 0.05) is 11.3 Å². The molecular weight excluding hydrogens is 170 g/mol. The van der Waals surface area contributed by atoms with Crippen LogP contribution in [0.15, 0.2) is 0 Å². The Balaban J connectivity index is 3.88. The molecule has 12 heavy (non-hydrogen) atoms. The van der Waals surface area contributed by atoms with Gasteiger partial charge in [-0.25, -0.2) is 5.48 Å². The second kappa shape index (κ2) is 4.49. The molecule has 0 unspecified atom stereocenters. The lowest BCUT2D eigenvalue weighted by Gasteiger charge is -2.36. The summed E-state index contributed by atoms with van der Waals surface area (Å²) >= 11 is 4.47. The van der Waals surface area contributed by atoms with Crippen molar-refractivity contribution in [1.82, 2.24) is 5.48 Å². The Bertz CT molecular complexity index is 129. The van der Waals surface area contributed by atoms with E-state index in [-0.39, 0.29) is 10.3 Å². The van der Waals surface area contributed by atoms with Crippen LogP contribution in [0.1, 0.15) is 41.0 Å². The second-order valence-electron chi connectivity index (χ2n) is 4.07. The largest absolute Gasteiger partial charge is 0.294 e. The molecule has 0 saturated heterocycles. The number of hydroxylamine groups is 1. The molecule has 0 heterocycles. The van der Waals surface area contributed by atoms with Crippen molar-refractivity contribution in [3.63, 3.8) is 0 Å². The summed E-state index contributed by atoms with van der Waals surface area (Å²) in [5.41, 5.74) is 2.67. The summed E-state index contributed by atoms with van der Waals surface area (Å²) in [5.74, 6) is 0. The smallest absolute Gasteiger partial charge is 0.0978 e. The van der Waals surface area contributed by atoms with E-state index in [1.165, 1.54) is 0 Å². The van der Waals surface area contributed by atoms with Crippen molar-refractivity contribution < 1.29 is 4.84 Å². The van der Waals surface area contributed by atoms with Gasteiger partial charge in [-0.15, -0.1) is 0 Å². The van der Waals surface area contributed by atoms with E-state index in [1.807, 2.05) is 27.7 Å². The normalized spacial score (nSPS) is 13.5. The SMILES string of the molecule is CCCNOC(C)(C)C(C)(C)S. The summed E-state index contributed by atoms with van der Waals surface area (Å²) in [6, 6.07) is 0. The molecule has 0 saturated carbocycles. The highest BCUT2D eigenvalue weighted by Gasteiger charge is 2.35. The van der Waals surface area contributed by atoms with E-state index in [0.29, 0.717) is 0 Å². The molecule has 0 aromatic heterocycles. The van der Waals surface area contributed by atoms with Crippen LogP contribution < -0.4 is 5.48 Å². The standard InChI is InChI=1S/C9H21NOS/c1-6-7-10-11-8(2,3)9(4,5)12/h10,12H,6-7H2,1-5H3. The molecule has 0 aromatic rings. The van der Waals surface area contributed by atoms with Crippen LogP contribution in [0.2, 0.25) is 0 Å². The van der Waals surface area contributed by atoms with Gasteiger partial charge in [-0.3, -0.25) is 4.84 Å². The van der Waals surface area contributed by atoms with Crippen LogP contribution in [0.4, 0.5) is 0 Å². The average Bonchev–Trinajstić information content (AvgIpc) is 1.85. The summed E-state index contributed by atoms with van der Waals surface area (Å²) in [6.07, 6.45) is 1.07. The van der Waals surface area contributed by atoms with Crippen LogP contribution in [0.3, 0.4) is 0 Å². The molecular formula is C9H21NOS. The second-order valence-corrected chi connectivity index (χ2v) is 5.18. The molecule has 0 bridgehead atoms. The van der Waals surface area contributed by atoms with Gasteiger partial charge in [0.25, 0.3) is 0 Å². The lowest BCUT2D eigenvalue weighted by molar-refractivity contribution is -0.0993. The van der Waals surface area contributed by atoms with Crippen LogP contribution in [0.25, 0.3) is 0 Å². The molecule has 0 rings (SSSR count). The quantitative estimate of drug-likeness (QED) is 0.395. The van der Waals surface area contributed by atoms with Crippen molar-refractivity contribution in [2.24, 2.45) is 0 Å². The lowest BCUT2D eigenvalue weighted by Crippen LogP contribution is -2.46. The molecule has 2 nitrogen and oxygen atoms in total. The molecule has 74 valence electrons. The van der Waals surface area contributed by atoms with Gasteiger partial charge in [-0.1, -0.05) is 6.92 Å². The molecule has 0 fully saturated rings. The first-order valence-corrected chi connectivity index (χ1v) is 4.89. The maximum atomic E-state index is 5.51. The van der Waals surface area contributed by atoms with Gasteiger partial charge in [0.05, 0.1) is 5.60 Å². The maximum Gasteiger partial charge on any atom is 0.0978 e. The number of thiol groups is 1. The number of hydrogen-bond donors (Lipinski definition) is 2. The van der Waals surface area contributed by atoms with Crippen LogP contribution in [-0.4, -0.2) is 16.9 Å². The molecule has 0 aliphatic rings. The fraction of sp³-hybridized carbons (Fsp3) is 1.00. The lowest BCUT2D eigenvalue weighted by atomic mass is 9.94. The zero-order valence-electron chi connectivity index (χ0n) is 8.77. The van der Waals surface area contributed by atoms with Crippen molar-refractivity contribution in [3.8, 4) is 0 Å². The van der Waals surface area contributed by atoms with E-state index in [4.69, 9.17) is 4.84 Å². The van der Waals surface area contributed by atoms with E-state index in [0.717, 1.165) is 13.0 Å². The van der Waals surface area contributed by atoms with Gasteiger partial charge in [-0.05, 0) is 34.1 Å². The predicted molar refractivity (Wildman–Crippen MR) is 56.5 cm³/mol. The van der Waals surface area contributed by atoms with Gasteiger partial charge in [-0.2, -0.15) is 12.6 Å². The van der Waals surface area contributed by atoms with Crippen LogP contribution in [0.5, 0.6) is 0 Å². The molecule has 0 aromatic carbocycles. The highest BCUT2D eigenvalue weighted by molar-refractivity contribution is 7.81. The van der Waals surface area contributed by atoms with Crippen LogP contribution in [0, 0.1) is 0 Å². The third kappa shape index (κ3) is 3.78. The first-order chi connectivity index (χ1) is 5.31. The summed E-state index contributed by atoms with van der Waals surface area (Å²) in [7, 11) is 0. The zero-order valence-corrected chi connectivity index (χ0v) is 9.66. The van der Waals surface area contributed by atoms with Crippen LogP contribution in [-0.2, 0) is 4.84 Å². The third-order valence-corrected chi connectivity index (χ3v) is 2.69. The molecule has 0 aliphatic heterocycles. The van der Waals surface area contributed by atoms with E-state index < -0.39 is 0 Å². The minimum absolute atomic E-state index is 0.145. The van der Waals surface area contributed by atoms with Gasteiger partial charge < -0.3 is 0 Å². The summed E-state index contributed by atoms with van der Waals surface area (Å²) in [4.78, 5) is 5.51. The topological polar surface area (TPSA) is 21.3 Å². The summed E-state index contributed by atoms with van der Waals surface area (Å²) in [5, 5.41) is 0. The van der Waals surface area contributed by atoms with Crippen molar-refractivity contribution in [1.29, 1.82) is 0 Å². The molecule has 0 spiro atoms. The Morgan fingerprint density at radius 1 is 1.25 bits per heavy atom. The Morgan fingerprint density at radius 2 is 1.75 bits per heavy atom. The third-order valence-electron chi connectivity index (χ3n) is 2.15. The molecule has 0 aliphatic carbocycles. The van der Waals surface area contributed by atoms with Gasteiger partial charge in [0.1, 0.15) is 0 Å². The van der Waals surface area contributed by atoms with Gasteiger partial charge >= 0.3 is 0 Å². The molecule has 0 amide bonds. The van der Waals surface area contributed by atoms with Crippen molar-refractivity contribution in [2.45, 2.75) is 51.4 Å². The number of rotatable bonds is 5. The monoisotopic (exact) mass is 191 g/mol. The van der Waals surface area contributed by atoms with Gasteiger partial charge in [0.2, 0.25) is 0 Å². The highest BCUT2D eigenvalue weighted by atomic mass is 32.1. The molecule has 0 radical (unpaired) electrons. The fourth-order valence-corrected chi connectivity index (χ4v) is 0.504. The average molecular weight is 191 g/mol. The van der Waals surface area contributed by atoms with Crippen molar-refractivity contribution in [3.05, 3.63) is 0 Å². The minimum Gasteiger partial charge on any atom is -0.294 e. The van der Waals surface area contributed by atoms with E-state index in [2.05, 4.69) is 25.0 Å².